The van der Waals surface area contributed by atoms with Gasteiger partial charge in [-0.15, -0.1) is 0 Å². The van der Waals surface area contributed by atoms with Crippen LogP contribution in [0.1, 0.15) is 51.8 Å². The van der Waals surface area contributed by atoms with Crippen molar-refractivity contribution in [2.45, 2.75) is 57.6 Å². The van der Waals surface area contributed by atoms with Crippen LogP contribution in [-0.4, -0.2) is 35.5 Å². The molecular weight excluding hydrogens is 288 g/mol. The van der Waals surface area contributed by atoms with Gasteiger partial charge in [-0.3, -0.25) is 0 Å². The van der Waals surface area contributed by atoms with Crippen molar-refractivity contribution < 1.29 is 13.5 Å². The van der Waals surface area contributed by atoms with Gasteiger partial charge in [0.15, 0.2) is 0 Å². The lowest BCUT2D eigenvalue weighted by Crippen LogP contribution is -2.38. The van der Waals surface area contributed by atoms with E-state index in [-0.39, 0.29) is 12.6 Å². The van der Waals surface area contributed by atoms with Gasteiger partial charge in [0, 0.05) is 31.0 Å². The second-order valence-corrected chi connectivity index (χ2v) is 8.02. The molecule has 1 aliphatic rings. The minimum atomic E-state index is -3.44. The van der Waals surface area contributed by atoms with E-state index >= 15 is 0 Å². The minimum Gasteiger partial charge on any atom is -0.390 e. The summed E-state index contributed by atoms with van der Waals surface area (Å²) < 4.78 is 28.8. The molecule has 0 spiro atoms. The number of aliphatic hydroxyl groups excluding tert-OH is 1. The van der Waals surface area contributed by atoms with Crippen LogP contribution < -0.4 is 0 Å². The van der Waals surface area contributed by atoms with E-state index in [0.29, 0.717) is 29.6 Å². The Hall–Kier alpha value is -0.850. The highest BCUT2D eigenvalue weighted by Gasteiger charge is 2.30. The van der Waals surface area contributed by atoms with Gasteiger partial charge in [-0.1, -0.05) is 13.3 Å². The number of rotatable bonds is 5. The summed E-state index contributed by atoms with van der Waals surface area (Å²) >= 11 is 0. The van der Waals surface area contributed by atoms with Crippen LogP contribution in [0.5, 0.6) is 0 Å². The molecule has 0 atom stereocenters. The van der Waals surface area contributed by atoms with Crippen LogP contribution in [0.4, 0.5) is 0 Å². The van der Waals surface area contributed by atoms with E-state index in [1.807, 2.05) is 18.4 Å². The van der Waals surface area contributed by atoms with Gasteiger partial charge in [0.1, 0.15) is 4.90 Å². The summed E-state index contributed by atoms with van der Waals surface area (Å²) in [6.45, 7) is 7.16. The van der Waals surface area contributed by atoms with Gasteiger partial charge < -0.3 is 9.67 Å². The van der Waals surface area contributed by atoms with Crippen LogP contribution in [0.3, 0.4) is 0 Å². The molecule has 6 heteroatoms. The maximum absolute atomic E-state index is 12.7. The first-order valence-corrected chi connectivity index (χ1v) is 9.15. The summed E-state index contributed by atoms with van der Waals surface area (Å²) in [7, 11) is -3.44. The predicted molar refractivity (Wildman–Crippen MR) is 82.5 cm³/mol. The largest absolute Gasteiger partial charge is 0.390 e. The number of aromatic nitrogens is 1. The molecule has 1 aromatic heterocycles. The molecule has 1 saturated heterocycles. The molecule has 2 heterocycles. The summed E-state index contributed by atoms with van der Waals surface area (Å²) in [4.78, 5) is 0.301. The molecule has 0 unspecified atom stereocenters. The van der Waals surface area contributed by atoms with Gasteiger partial charge in [0.05, 0.1) is 6.61 Å². The Bertz CT molecular complexity index is 570. The molecule has 0 bridgehead atoms. The maximum atomic E-state index is 12.7. The molecule has 1 N–H and O–H groups in total. The molecule has 1 aromatic rings. The first kappa shape index (κ1) is 16.5. The van der Waals surface area contributed by atoms with Gasteiger partial charge in [-0.2, -0.15) is 4.31 Å². The first-order valence-electron chi connectivity index (χ1n) is 7.71. The molecule has 120 valence electrons. The summed E-state index contributed by atoms with van der Waals surface area (Å²) in [6, 6.07) is 1.73. The Labute approximate surface area is 127 Å². The predicted octanol–water partition coefficient (Wildman–Crippen LogP) is 2.37. The van der Waals surface area contributed by atoms with Crippen molar-refractivity contribution in [2.75, 3.05) is 13.1 Å². The van der Waals surface area contributed by atoms with Gasteiger partial charge in [-0.05, 0) is 38.7 Å². The Kier molecular flexibility index (Phi) is 5.11. The van der Waals surface area contributed by atoms with Gasteiger partial charge in [-0.25, -0.2) is 8.42 Å². The number of nitrogens with zero attached hydrogens (tertiary/aromatic N) is 2. The fourth-order valence-electron chi connectivity index (χ4n) is 2.95. The normalized spacial score (nSPS) is 18.5. The van der Waals surface area contributed by atoms with Crippen molar-refractivity contribution in [1.29, 1.82) is 0 Å². The number of piperidine rings is 1. The average Bonchev–Trinajstić information content (AvgIpc) is 2.92. The third-order valence-corrected chi connectivity index (χ3v) is 6.28. The highest BCUT2D eigenvalue weighted by atomic mass is 32.2. The van der Waals surface area contributed by atoms with E-state index in [1.165, 1.54) is 0 Å². The quantitative estimate of drug-likeness (QED) is 0.907. The summed E-state index contributed by atoms with van der Waals surface area (Å²) in [5.41, 5.74) is 0.645. The summed E-state index contributed by atoms with van der Waals surface area (Å²) in [5.74, 6) is 0.643. The van der Waals surface area contributed by atoms with Crippen LogP contribution in [0.25, 0.3) is 0 Å². The molecule has 0 saturated carbocycles. The van der Waals surface area contributed by atoms with Crippen molar-refractivity contribution in [3.8, 4) is 0 Å². The van der Waals surface area contributed by atoms with E-state index in [2.05, 4.69) is 6.92 Å². The number of hydrogen-bond donors (Lipinski definition) is 1. The molecule has 1 fully saturated rings. The fraction of sp³-hybridized carbons (Fsp3) is 0.733. The topological polar surface area (TPSA) is 62.5 Å². The Morgan fingerprint density at radius 2 is 1.95 bits per heavy atom. The van der Waals surface area contributed by atoms with Crippen molar-refractivity contribution >= 4 is 10.0 Å². The third-order valence-electron chi connectivity index (χ3n) is 4.41. The lowest BCUT2D eigenvalue weighted by atomic mass is 9.96. The van der Waals surface area contributed by atoms with Gasteiger partial charge in [0.2, 0.25) is 10.0 Å². The van der Waals surface area contributed by atoms with Gasteiger partial charge in [0.25, 0.3) is 0 Å². The van der Waals surface area contributed by atoms with Gasteiger partial charge >= 0.3 is 0 Å². The van der Waals surface area contributed by atoms with Crippen LogP contribution in [0.15, 0.2) is 17.2 Å². The van der Waals surface area contributed by atoms with Crippen LogP contribution >= 0.6 is 0 Å². The highest BCUT2D eigenvalue weighted by Crippen LogP contribution is 2.27. The van der Waals surface area contributed by atoms with E-state index in [0.717, 1.165) is 19.3 Å². The molecule has 1 aliphatic heterocycles. The molecule has 0 aliphatic carbocycles. The lowest BCUT2D eigenvalue weighted by Gasteiger charge is -2.30. The fourth-order valence-corrected chi connectivity index (χ4v) is 4.47. The van der Waals surface area contributed by atoms with Crippen molar-refractivity contribution in [2.24, 2.45) is 5.92 Å². The Balaban J connectivity index is 2.24. The third kappa shape index (κ3) is 3.33. The number of hydrogen-bond acceptors (Lipinski definition) is 3. The zero-order chi connectivity index (χ0) is 15.6. The number of aliphatic hydroxyl groups is 1. The second-order valence-electron chi connectivity index (χ2n) is 6.08. The Morgan fingerprint density at radius 3 is 2.38 bits per heavy atom. The standard InChI is InChI=1S/C15H26N2O3S/c1-4-13-5-7-16(8-6-13)21(19,20)15-9-14(11-18)17(10-15)12(2)3/h9-10,12-13,18H,4-8,11H2,1-3H3. The average molecular weight is 314 g/mol. The number of sulfonamides is 1. The zero-order valence-electron chi connectivity index (χ0n) is 13.1. The minimum absolute atomic E-state index is 0.127. The molecule has 2 rings (SSSR count). The second kappa shape index (κ2) is 6.50. The van der Waals surface area contributed by atoms with E-state index in [9.17, 15) is 13.5 Å². The van der Waals surface area contributed by atoms with Crippen LogP contribution in [0.2, 0.25) is 0 Å². The highest BCUT2D eigenvalue weighted by molar-refractivity contribution is 7.89. The molecule has 21 heavy (non-hydrogen) atoms. The SMILES string of the molecule is CCC1CCN(S(=O)(=O)c2cc(CO)n(C(C)C)c2)CC1. The lowest BCUT2D eigenvalue weighted by molar-refractivity contribution is 0.268. The van der Waals surface area contributed by atoms with Crippen molar-refractivity contribution in [3.05, 3.63) is 18.0 Å². The molecular formula is C15H26N2O3S. The van der Waals surface area contributed by atoms with E-state index < -0.39 is 10.0 Å². The summed E-state index contributed by atoms with van der Waals surface area (Å²) in [5, 5.41) is 9.39. The zero-order valence-corrected chi connectivity index (χ0v) is 13.9. The molecule has 0 amide bonds. The monoisotopic (exact) mass is 314 g/mol. The maximum Gasteiger partial charge on any atom is 0.244 e. The molecule has 0 radical (unpaired) electrons. The van der Waals surface area contributed by atoms with Crippen LogP contribution in [-0.2, 0) is 16.6 Å². The van der Waals surface area contributed by atoms with Crippen molar-refractivity contribution in [3.63, 3.8) is 0 Å². The van der Waals surface area contributed by atoms with Crippen LogP contribution in [0, 0.1) is 5.92 Å². The smallest absolute Gasteiger partial charge is 0.244 e. The first-order chi connectivity index (χ1) is 9.90. The summed E-state index contributed by atoms with van der Waals surface area (Å²) in [6.07, 6.45) is 4.64. The van der Waals surface area contributed by atoms with E-state index in [1.54, 1.807) is 16.6 Å². The Morgan fingerprint density at radius 1 is 1.33 bits per heavy atom. The van der Waals surface area contributed by atoms with E-state index in [4.69, 9.17) is 0 Å². The van der Waals surface area contributed by atoms with Crippen molar-refractivity contribution in [1.82, 2.24) is 8.87 Å². The molecule has 0 aromatic carbocycles. The molecule has 5 nitrogen and oxygen atoms in total.